The molecule has 0 bridgehead atoms. The fraction of sp³-hybridized carbons (Fsp3) is 0.118. The van der Waals surface area contributed by atoms with E-state index in [4.69, 9.17) is 0 Å². The van der Waals surface area contributed by atoms with Gasteiger partial charge in [-0.1, -0.05) is 34.1 Å². The van der Waals surface area contributed by atoms with Crippen molar-refractivity contribution in [2.45, 2.75) is 12.8 Å². The molecule has 0 aliphatic carbocycles. The largest absolute Gasteiger partial charge is 0.326 e. The highest BCUT2D eigenvalue weighted by Gasteiger charge is 2.07. The van der Waals surface area contributed by atoms with Crippen LogP contribution in [-0.2, 0) is 9.59 Å². The molecule has 0 fully saturated rings. The summed E-state index contributed by atoms with van der Waals surface area (Å²) in [5.74, 6) is -0.725. The Morgan fingerprint density at radius 3 is 2.58 bits per heavy atom. The fourth-order valence-electron chi connectivity index (χ4n) is 1.97. The van der Waals surface area contributed by atoms with Gasteiger partial charge in [0, 0.05) is 40.7 Å². The van der Waals surface area contributed by atoms with E-state index in [1.165, 1.54) is 24.4 Å². The lowest BCUT2D eigenvalue weighted by atomic mass is 10.2. The Labute approximate surface area is 157 Å². The van der Waals surface area contributed by atoms with Crippen molar-refractivity contribution in [2.75, 3.05) is 5.32 Å². The van der Waals surface area contributed by atoms with Crippen LogP contribution in [0.3, 0.4) is 0 Å². The van der Waals surface area contributed by atoms with E-state index in [0.29, 0.717) is 11.3 Å². The maximum Gasteiger partial charge on any atom is 0.270 e. The minimum atomic E-state index is -0.514. The molecule has 0 unspecified atom stereocenters. The van der Waals surface area contributed by atoms with Crippen molar-refractivity contribution in [1.82, 2.24) is 5.43 Å². The molecule has 2 aromatic rings. The van der Waals surface area contributed by atoms with Gasteiger partial charge in [0.15, 0.2) is 0 Å². The number of hydrogen-bond donors (Lipinski definition) is 2. The van der Waals surface area contributed by atoms with Crippen molar-refractivity contribution in [1.29, 1.82) is 0 Å². The second kappa shape index (κ2) is 9.42. The van der Waals surface area contributed by atoms with Crippen molar-refractivity contribution in [3.05, 3.63) is 68.7 Å². The molecule has 0 heterocycles. The molecular weight excluding hydrogens is 404 g/mol. The van der Waals surface area contributed by atoms with Crippen LogP contribution in [0.15, 0.2) is 58.1 Å². The summed E-state index contributed by atoms with van der Waals surface area (Å²) in [7, 11) is 0. The topological polar surface area (TPSA) is 114 Å². The molecule has 0 radical (unpaired) electrons. The van der Waals surface area contributed by atoms with Gasteiger partial charge in [-0.05, 0) is 18.2 Å². The van der Waals surface area contributed by atoms with Crippen LogP contribution in [0.25, 0.3) is 0 Å². The van der Waals surface area contributed by atoms with Crippen LogP contribution in [0.1, 0.15) is 18.4 Å². The van der Waals surface area contributed by atoms with E-state index >= 15 is 0 Å². The third-order valence-corrected chi connectivity index (χ3v) is 3.66. The van der Waals surface area contributed by atoms with E-state index in [2.05, 4.69) is 31.8 Å². The lowest BCUT2D eigenvalue weighted by molar-refractivity contribution is -0.384. The Morgan fingerprint density at radius 1 is 1.12 bits per heavy atom. The Morgan fingerprint density at radius 2 is 1.85 bits per heavy atom. The molecule has 8 nitrogen and oxygen atoms in total. The summed E-state index contributed by atoms with van der Waals surface area (Å²) >= 11 is 3.31. The van der Waals surface area contributed by atoms with Gasteiger partial charge in [0.25, 0.3) is 5.69 Å². The number of rotatable bonds is 7. The summed E-state index contributed by atoms with van der Waals surface area (Å²) in [6, 6.07) is 13.0. The van der Waals surface area contributed by atoms with Gasteiger partial charge < -0.3 is 5.32 Å². The Bertz CT molecular complexity index is 854. The average Bonchev–Trinajstić information content (AvgIpc) is 2.60. The highest BCUT2D eigenvalue weighted by Crippen LogP contribution is 2.16. The number of nitro groups is 1. The van der Waals surface area contributed by atoms with Gasteiger partial charge in [-0.3, -0.25) is 19.7 Å². The van der Waals surface area contributed by atoms with Gasteiger partial charge in [0.05, 0.1) is 11.1 Å². The molecule has 2 amide bonds. The molecule has 0 atom stereocenters. The zero-order chi connectivity index (χ0) is 18.9. The second-order valence-corrected chi connectivity index (χ2v) is 6.12. The van der Waals surface area contributed by atoms with E-state index in [1.807, 2.05) is 6.07 Å². The van der Waals surface area contributed by atoms with Crippen molar-refractivity contribution in [3.63, 3.8) is 0 Å². The van der Waals surface area contributed by atoms with E-state index in [0.717, 1.165) is 4.47 Å². The number of non-ortho nitro benzene ring substituents is 1. The van der Waals surface area contributed by atoms with E-state index in [1.54, 1.807) is 24.3 Å². The zero-order valence-corrected chi connectivity index (χ0v) is 15.1. The monoisotopic (exact) mass is 418 g/mol. The number of nitro benzene ring substituents is 1. The van der Waals surface area contributed by atoms with Gasteiger partial charge in [-0.2, -0.15) is 5.10 Å². The molecule has 2 aromatic carbocycles. The molecular formula is C17H15BrN4O4. The number of hydrazone groups is 1. The molecule has 2 rings (SSSR count). The Hall–Kier alpha value is -3.07. The number of benzene rings is 2. The van der Waals surface area contributed by atoms with Crippen LogP contribution < -0.4 is 10.7 Å². The molecule has 9 heteroatoms. The van der Waals surface area contributed by atoms with Crippen molar-refractivity contribution >= 4 is 45.3 Å². The van der Waals surface area contributed by atoms with Gasteiger partial charge in [-0.25, -0.2) is 5.43 Å². The molecule has 0 aliphatic rings. The van der Waals surface area contributed by atoms with Crippen molar-refractivity contribution < 1.29 is 14.5 Å². The fourth-order valence-corrected chi connectivity index (χ4v) is 2.37. The van der Waals surface area contributed by atoms with Gasteiger partial charge in [0.2, 0.25) is 11.8 Å². The number of nitrogens with one attached hydrogen (secondary N) is 2. The minimum Gasteiger partial charge on any atom is -0.326 e. The third-order valence-electron chi connectivity index (χ3n) is 3.17. The van der Waals surface area contributed by atoms with E-state index in [-0.39, 0.29) is 24.4 Å². The van der Waals surface area contributed by atoms with Crippen molar-refractivity contribution in [2.24, 2.45) is 5.10 Å². The molecule has 0 saturated heterocycles. The highest BCUT2D eigenvalue weighted by atomic mass is 79.9. The van der Waals surface area contributed by atoms with Crippen LogP contribution in [0.5, 0.6) is 0 Å². The predicted molar refractivity (Wildman–Crippen MR) is 101 cm³/mol. The molecule has 0 saturated carbocycles. The standard InChI is InChI=1S/C17H15BrN4O4/c18-13-4-2-5-14(10-13)20-16(23)7-8-17(24)21-19-11-12-3-1-6-15(9-12)22(25)26/h1-6,9-11H,7-8H2,(H,20,23)(H,21,24)/b19-11-. The molecule has 0 aliphatic heterocycles. The summed E-state index contributed by atoms with van der Waals surface area (Å²) in [6.07, 6.45) is 1.27. The minimum absolute atomic E-state index is 0.00464. The summed E-state index contributed by atoms with van der Waals surface area (Å²) in [5.41, 5.74) is 3.33. The number of anilines is 1. The molecule has 26 heavy (non-hydrogen) atoms. The van der Waals surface area contributed by atoms with E-state index < -0.39 is 10.8 Å². The van der Waals surface area contributed by atoms with Crippen LogP contribution in [-0.4, -0.2) is 23.0 Å². The summed E-state index contributed by atoms with van der Waals surface area (Å²) in [5, 5.41) is 17.1. The lowest BCUT2D eigenvalue weighted by Crippen LogP contribution is -2.20. The quantitative estimate of drug-likeness (QED) is 0.408. The van der Waals surface area contributed by atoms with Gasteiger partial charge >= 0.3 is 0 Å². The van der Waals surface area contributed by atoms with Crippen LogP contribution in [0.4, 0.5) is 11.4 Å². The van der Waals surface area contributed by atoms with Crippen LogP contribution in [0.2, 0.25) is 0 Å². The summed E-state index contributed by atoms with van der Waals surface area (Å²) < 4.78 is 0.837. The highest BCUT2D eigenvalue weighted by molar-refractivity contribution is 9.10. The van der Waals surface area contributed by atoms with Crippen LogP contribution in [0, 0.1) is 10.1 Å². The SMILES string of the molecule is O=C(CCC(=O)Nc1cccc(Br)c1)N/N=C\c1cccc([N+](=O)[O-])c1. The van der Waals surface area contributed by atoms with Gasteiger partial charge in [0.1, 0.15) is 0 Å². The Kier molecular flexibility index (Phi) is 6.98. The number of carbonyl (C=O) groups is 2. The maximum absolute atomic E-state index is 11.8. The van der Waals surface area contributed by atoms with E-state index in [9.17, 15) is 19.7 Å². The van der Waals surface area contributed by atoms with Crippen molar-refractivity contribution in [3.8, 4) is 0 Å². The number of halogens is 1. The molecule has 0 aromatic heterocycles. The lowest BCUT2D eigenvalue weighted by Gasteiger charge is -2.05. The second-order valence-electron chi connectivity index (χ2n) is 5.20. The third kappa shape index (κ3) is 6.44. The first-order chi connectivity index (χ1) is 12.4. The number of nitrogens with zero attached hydrogens (tertiary/aromatic N) is 2. The molecule has 134 valence electrons. The first-order valence-electron chi connectivity index (χ1n) is 7.56. The average molecular weight is 419 g/mol. The number of carbonyl (C=O) groups excluding carboxylic acids is 2. The summed E-state index contributed by atoms with van der Waals surface area (Å²) in [6.45, 7) is 0. The summed E-state index contributed by atoms with van der Waals surface area (Å²) in [4.78, 5) is 33.7. The van der Waals surface area contributed by atoms with Gasteiger partial charge in [-0.15, -0.1) is 0 Å². The molecule has 2 N–H and O–H groups in total. The number of hydrogen-bond acceptors (Lipinski definition) is 5. The predicted octanol–water partition coefficient (Wildman–Crippen LogP) is 3.23. The molecule has 0 spiro atoms. The Balaban J connectivity index is 1.77. The first-order valence-corrected chi connectivity index (χ1v) is 8.35. The number of amides is 2. The maximum atomic E-state index is 11.8. The smallest absolute Gasteiger partial charge is 0.270 e. The zero-order valence-electron chi connectivity index (χ0n) is 13.5. The van der Waals surface area contributed by atoms with Crippen LogP contribution >= 0.6 is 15.9 Å². The normalized spacial score (nSPS) is 10.5. The first kappa shape index (κ1) is 19.3.